The molecule has 0 saturated heterocycles. The van der Waals surface area contributed by atoms with Gasteiger partial charge in [-0.15, -0.1) is 0 Å². The summed E-state index contributed by atoms with van der Waals surface area (Å²) in [5, 5.41) is 22.4. The lowest BCUT2D eigenvalue weighted by Crippen LogP contribution is -2.24. The van der Waals surface area contributed by atoms with E-state index in [1.807, 2.05) is 64.1 Å². The highest BCUT2D eigenvalue weighted by molar-refractivity contribution is 5.86. The lowest BCUT2D eigenvalue weighted by molar-refractivity contribution is -0.123. The maximum atomic E-state index is 12.0. The number of azo groups is 1. The number of nitrogens with zero attached hydrogens (tertiary/aromatic N) is 3. The van der Waals surface area contributed by atoms with Gasteiger partial charge in [0.05, 0.1) is 17.6 Å². The third-order valence-electron chi connectivity index (χ3n) is 5.09. The van der Waals surface area contributed by atoms with E-state index in [-0.39, 0.29) is 12.4 Å². The topological polar surface area (TPSA) is 95.6 Å². The number of carbonyl (C=O) groups excluding carboxylic acids is 1. The van der Waals surface area contributed by atoms with Crippen LogP contribution in [0.25, 0.3) is 0 Å². The summed E-state index contributed by atoms with van der Waals surface area (Å²) >= 11 is 0. The van der Waals surface area contributed by atoms with Gasteiger partial charge in [-0.3, -0.25) is 4.79 Å². The van der Waals surface area contributed by atoms with E-state index < -0.39 is 5.91 Å². The highest BCUT2D eigenvalue weighted by Gasteiger charge is 2.06. The minimum atomic E-state index is -0.410. The number of hydrogen-bond acceptors (Lipinski definition) is 6. The molecule has 0 bridgehead atoms. The molecule has 164 valence electrons. The number of amides is 1. The van der Waals surface area contributed by atoms with E-state index in [9.17, 15) is 9.90 Å². The first kappa shape index (κ1) is 22.7. The van der Waals surface area contributed by atoms with Crippen molar-refractivity contribution in [1.82, 2.24) is 5.43 Å². The van der Waals surface area contributed by atoms with Crippen molar-refractivity contribution in [2.75, 3.05) is 6.61 Å². The normalized spacial score (nSPS) is 11.2. The Morgan fingerprint density at radius 2 is 1.66 bits per heavy atom. The van der Waals surface area contributed by atoms with Crippen molar-refractivity contribution in [2.45, 2.75) is 27.7 Å². The molecule has 32 heavy (non-hydrogen) atoms. The molecule has 0 fully saturated rings. The van der Waals surface area contributed by atoms with Crippen LogP contribution in [0.1, 0.15) is 27.8 Å². The molecule has 3 rings (SSSR count). The fraction of sp³-hybridized carbons (Fsp3) is 0.200. The summed E-state index contributed by atoms with van der Waals surface area (Å²) in [4.78, 5) is 12.0. The molecule has 0 radical (unpaired) electrons. The van der Waals surface area contributed by atoms with E-state index in [4.69, 9.17) is 4.74 Å². The number of hydrogen-bond donors (Lipinski definition) is 2. The van der Waals surface area contributed by atoms with Crippen molar-refractivity contribution >= 4 is 23.5 Å². The summed E-state index contributed by atoms with van der Waals surface area (Å²) in [7, 11) is 0. The first-order chi connectivity index (χ1) is 15.3. The van der Waals surface area contributed by atoms with Crippen molar-refractivity contribution in [3.8, 4) is 11.5 Å². The van der Waals surface area contributed by atoms with Crippen LogP contribution in [-0.2, 0) is 4.79 Å². The SMILES string of the molecule is Cc1ccc(N=Nc2ccc(O)c(C=NNC(=O)COc3cccc(C)c3C)c2)cc1C. The quantitative estimate of drug-likeness (QED) is 0.291. The van der Waals surface area contributed by atoms with E-state index >= 15 is 0 Å². The van der Waals surface area contributed by atoms with Gasteiger partial charge in [0, 0.05) is 5.56 Å². The fourth-order valence-corrected chi connectivity index (χ4v) is 2.84. The lowest BCUT2D eigenvalue weighted by atomic mass is 10.1. The van der Waals surface area contributed by atoms with Crippen LogP contribution in [0, 0.1) is 27.7 Å². The van der Waals surface area contributed by atoms with Gasteiger partial charge in [0.1, 0.15) is 11.5 Å². The Balaban J connectivity index is 1.60. The molecule has 0 aromatic heterocycles. The number of phenols is 1. The zero-order valence-corrected chi connectivity index (χ0v) is 18.6. The zero-order valence-electron chi connectivity index (χ0n) is 18.6. The molecule has 0 aliphatic heterocycles. The average Bonchev–Trinajstić information content (AvgIpc) is 2.77. The predicted octanol–water partition coefficient (Wildman–Crippen LogP) is 5.57. The molecule has 0 atom stereocenters. The molecule has 3 aromatic rings. The van der Waals surface area contributed by atoms with Crippen molar-refractivity contribution < 1.29 is 14.6 Å². The molecular weight excluding hydrogens is 404 g/mol. The Hall–Kier alpha value is -4.00. The van der Waals surface area contributed by atoms with E-state index in [2.05, 4.69) is 20.8 Å². The third-order valence-corrected chi connectivity index (χ3v) is 5.09. The highest BCUT2D eigenvalue weighted by atomic mass is 16.5. The molecule has 2 N–H and O–H groups in total. The van der Waals surface area contributed by atoms with Gasteiger partial charge in [-0.2, -0.15) is 15.3 Å². The van der Waals surface area contributed by atoms with Crippen LogP contribution >= 0.6 is 0 Å². The Morgan fingerprint density at radius 1 is 0.938 bits per heavy atom. The summed E-state index contributed by atoms with van der Waals surface area (Å²) in [5.41, 5.74) is 8.48. The van der Waals surface area contributed by atoms with Crippen LogP contribution < -0.4 is 10.2 Å². The number of nitrogens with one attached hydrogen (secondary N) is 1. The molecule has 7 nitrogen and oxygen atoms in total. The van der Waals surface area contributed by atoms with Gasteiger partial charge >= 0.3 is 0 Å². The van der Waals surface area contributed by atoms with Gasteiger partial charge in [0.2, 0.25) is 0 Å². The number of carbonyl (C=O) groups is 1. The molecule has 1 amide bonds. The zero-order chi connectivity index (χ0) is 23.1. The predicted molar refractivity (Wildman–Crippen MR) is 125 cm³/mol. The van der Waals surface area contributed by atoms with E-state index in [1.165, 1.54) is 17.8 Å². The van der Waals surface area contributed by atoms with Gasteiger partial charge in [-0.1, -0.05) is 18.2 Å². The molecule has 0 saturated carbocycles. The van der Waals surface area contributed by atoms with Crippen LogP contribution in [0.15, 0.2) is 69.9 Å². The lowest BCUT2D eigenvalue weighted by Gasteiger charge is -2.09. The summed E-state index contributed by atoms with van der Waals surface area (Å²) in [6.45, 7) is 7.81. The number of phenolic OH excluding ortho intramolecular Hbond substituents is 1. The van der Waals surface area contributed by atoms with Crippen LogP contribution in [0.5, 0.6) is 11.5 Å². The van der Waals surface area contributed by atoms with Gasteiger partial charge in [-0.25, -0.2) is 5.43 Å². The fourth-order valence-electron chi connectivity index (χ4n) is 2.84. The summed E-state index contributed by atoms with van der Waals surface area (Å²) in [6, 6.07) is 16.3. The van der Waals surface area contributed by atoms with E-state index in [0.717, 1.165) is 22.4 Å². The summed E-state index contributed by atoms with van der Waals surface area (Å²) < 4.78 is 5.55. The second-order valence-corrected chi connectivity index (χ2v) is 7.49. The largest absolute Gasteiger partial charge is 0.507 e. The Labute approximate surface area is 187 Å². The van der Waals surface area contributed by atoms with Crippen molar-refractivity contribution in [2.24, 2.45) is 15.3 Å². The third kappa shape index (κ3) is 6.01. The van der Waals surface area contributed by atoms with Crippen molar-refractivity contribution in [3.63, 3.8) is 0 Å². The van der Waals surface area contributed by atoms with Crippen LogP contribution in [0.2, 0.25) is 0 Å². The van der Waals surface area contributed by atoms with Gasteiger partial charge < -0.3 is 9.84 Å². The second-order valence-electron chi connectivity index (χ2n) is 7.49. The van der Waals surface area contributed by atoms with Gasteiger partial charge in [-0.05, 0) is 86.3 Å². The number of ether oxygens (including phenoxy) is 1. The van der Waals surface area contributed by atoms with Crippen LogP contribution in [-0.4, -0.2) is 23.8 Å². The van der Waals surface area contributed by atoms with Crippen LogP contribution in [0.4, 0.5) is 11.4 Å². The minimum Gasteiger partial charge on any atom is -0.507 e. The summed E-state index contributed by atoms with van der Waals surface area (Å²) in [6.07, 6.45) is 1.35. The molecule has 0 spiro atoms. The highest BCUT2D eigenvalue weighted by Crippen LogP contribution is 2.25. The number of rotatable bonds is 7. The molecule has 0 heterocycles. The van der Waals surface area contributed by atoms with Gasteiger partial charge in [0.25, 0.3) is 5.91 Å². The Kier molecular flexibility index (Phi) is 7.33. The van der Waals surface area contributed by atoms with Crippen molar-refractivity contribution in [3.05, 3.63) is 82.4 Å². The molecule has 0 aliphatic rings. The first-order valence-corrected chi connectivity index (χ1v) is 10.2. The van der Waals surface area contributed by atoms with Crippen LogP contribution in [0.3, 0.4) is 0 Å². The smallest absolute Gasteiger partial charge is 0.277 e. The van der Waals surface area contributed by atoms with E-state index in [0.29, 0.717) is 17.0 Å². The number of hydrazone groups is 1. The number of aromatic hydroxyl groups is 1. The Morgan fingerprint density at radius 3 is 2.41 bits per heavy atom. The molecule has 3 aromatic carbocycles. The molecule has 0 unspecified atom stereocenters. The minimum absolute atomic E-state index is 0.0137. The maximum absolute atomic E-state index is 12.0. The molecular formula is C25H26N4O3. The second kappa shape index (κ2) is 10.3. The summed E-state index contributed by atoms with van der Waals surface area (Å²) in [5.74, 6) is 0.260. The Bertz CT molecular complexity index is 1190. The standard InChI is InChI=1S/C25H26N4O3/c1-16-8-9-21(12-18(16)3)27-28-22-10-11-23(30)20(13-22)14-26-29-25(31)15-32-24-7-5-6-17(2)19(24)4/h5-14,30H,15H2,1-4H3,(H,29,31). The molecule has 7 heteroatoms. The average molecular weight is 431 g/mol. The number of aryl methyl sites for hydroxylation is 3. The maximum Gasteiger partial charge on any atom is 0.277 e. The van der Waals surface area contributed by atoms with E-state index in [1.54, 1.807) is 12.1 Å². The number of benzene rings is 3. The first-order valence-electron chi connectivity index (χ1n) is 10.2. The van der Waals surface area contributed by atoms with Gasteiger partial charge in [0.15, 0.2) is 6.61 Å². The monoisotopic (exact) mass is 430 g/mol. The van der Waals surface area contributed by atoms with Crippen molar-refractivity contribution in [1.29, 1.82) is 0 Å². The molecule has 0 aliphatic carbocycles.